The van der Waals surface area contributed by atoms with Gasteiger partial charge in [-0.2, -0.15) is 0 Å². The molecule has 0 radical (unpaired) electrons. The lowest BCUT2D eigenvalue weighted by Crippen LogP contribution is -2.38. The Morgan fingerprint density at radius 1 is 1.21 bits per heavy atom. The average Bonchev–Trinajstić information content (AvgIpc) is 3.18. The number of halogens is 1. The van der Waals surface area contributed by atoms with Crippen molar-refractivity contribution in [3.63, 3.8) is 0 Å². The van der Waals surface area contributed by atoms with Crippen LogP contribution in [0.2, 0.25) is 0 Å². The van der Waals surface area contributed by atoms with Crippen molar-refractivity contribution in [3.8, 4) is 11.3 Å². The molecule has 0 amide bonds. The normalized spacial score (nSPS) is 10.9. The highest BCUT2D eigenvalue weighted by atomic mass is 127. The van der Waals surface area contributed by atoms with E-state index >= 15 is 0 Å². The minimum atomic E-state index is -0.378. The minimum absolute atomic E-state index is 0. The van der Waals surface area contributed by atoms with Crippen LogP contribution in [0.5, 0.6) is 0 Å². The molecule has 8 nitrogen and oxygen atoms in total. The summed E-state index contributed by atoms with van der Waals surface area (Å²) in [6.45, 7) is 0.824. The molecule has 0 spiro atoms. The van der Waals surface area contributed by atoms with E-state index in [1.165, 1.54) is 6.07 Å². The van der Waals surface area contributed by atoms with Crippen LogP contribution in [0.4, 0.5) is 5.69 Å². The number of aromatic amines is 1. The Labute approximate surface area is 186 Å². The van der Waals surface area contributed by atoms with E-state index in [4.69, 9.17) is 0 Å². The fraction of sp³-hybridized carbons (Fsp3) is 0.200. The van der Waals surface area contributed by atoms with E-state index in [1.54, 1.807) is 25.2 Å². The second-order valence-corrected chi connectivity index (χ2v) is 6.25. The highest BCUT2D eigenvalue weighted by molar-refractivity contribution is 14.0. The summed E-state index contributed by atoms with van der Waals surface area (Å²) in [7, 11) is 3.56. The summed E-state index contributed by atoms with van der Waals surface area (Å²) >= 11 is 0. The van der Waals surface area contributed by atoms with Crippen molar-refractivity contribution in [2.24, 2.45) is 4.99 Å². The van der Waals surface area contributed by atoms with Crippen LogP contribution in [0.1, 0.15) is 11.4 Å². The molecule has 0 saturated carbocycles. The highest BCUT2D eigenvalue weighted by Crippen LogP contribution is 2.18. The van der Waals surface area contributed by atoms with Crippen LogP contribution in [0, 0.1) is 10.1 Å². The lowest BCUT2D eigenvalue weighted by molar-refractivity contribution is -0.385. The summed E-state index contributed by atoms with van der Waals surface area (Å²) in [5.74, 6) is 1.42. The number of aliphatic imine (C=N–C) groups is 1. The van der Waals surface area contributed by atoms with Gasteiger partial charge < -0.3 is 15.2 Å². The van der Waals surface area contributed by atoms with Crippen LogP contribution in [0.15, 0.2) is 65.8 Å². The van der Waals surface area contributed by atoms with Gasteiger partial charge in [0.15, 0.2) is 5.96 Å². The van der Waals surface area contributed by atoms with E-state index in [0.29, 0.717) is 24.6 Å². The minimum Gasteiger partial charge on any atom is -0.352 e. The number of H-pyrrole nitrogens is 1. The van der Waals surface area contributed by atoms with Gasteiger partial charge in [-0.15, -0.1) is 24.0 Å². The second kappa shape index (κ2) is 10.6. The Morgan fingerprint density at radius 3 is 2.59 bits per heavy atom. The van der Waals surface area contributed by atoms with Gasteiger partial charge in [-0.1, -0.05) is 48.5 Å². The van der Waals surface area contributed by atoms with Crippen molar-refractivity contribution >= 4 is 35.6 Å². The molecule has 152 valence electrons. The SMILES string of the molecule is CN=C(NCc1ccccc1[N+](=O)[O-])N(C)Cc1ncc(-c2ccccc2)[nH]1.I. The van der Waals surface area contributed by atoms with Gasteiger partial charge >= 0.3 is 0 Å². The zero-order valence-corrected chi connectivity index (χ0v) is 18.5. The predicted octanol–water partition coefficient (Wildman–Crippen LogP) is 3.81. The van der Waals surface area contributed by atoms with E-state index < -0.39 is 0 Å². The third-order valence-corrected chi connectivity index (χ3v) is 4.30. The molecule has 0 fully saturated rings. The molecule has 0 aliphatic heterocycles. The molecule has 0 bridgehead atoms. The van der Waals surface area contributed by atoms with Crippen molar-refractivity contribution in [3.05, 3.63) is 82.3 Å². The number of nitro benzene ring substituents is 1. The van der Waals surface area contributed by atoms with Crippen molar-refractivity contribution < 1.29 is 4.92 Å². The van der Waals surface area contributed by atoms with Crippen molar-refractivity contribution in [2.75, 3.05) is 14.1 Å². The Balaban J connectivity index is 0.00000300. The molecule has 0 aliphatic rings. The van der Waals surface area contributed by atoms with E-state index in [1.807, 2.05) is 48.5 Å². The van der Waals surface area contributed by atoms with Gasteiger partial charge in [-0.25, -0.2) is 4.98 Å². The summed E-state index contributed by atoms with van der Waals surface area (Å²) in [4.78, 5) is 24.7. The molecule has 1 aromatic heterocycles. The first-order valence-corrected chi connectivity index (χ1v) is 8.82. The van der Waals surface area contributed by atoms with Crippen molar-refractivity contribution in [1.29, 1.82) is 0 Å². The molecular formula is C20H23IN6O2. The van der Waals surface area contributed by atoms with Gasteiger partial charge in [0.2, 0.25) is 0 Å². The topological polar surface area (TPSA) is 99.4 Å². The van der Waals surface area contributed by atoms with Crippen molar-refractivity contribution in [1.82, 2.24) is 20.2 Å². The first-order chi connectivity index (χ1) is 13.6. The number of para-hydroxylation sites is 1. The van der Waals surface area contributed by atoms with Crippen LogP contribution in [0.3, 0.4) is 0 Å². The molecule has 2 N–H and O–H groups in total. The van der Waals surface area contributed by atoms with Gasteiger partial charge in [0, 0.05) is 32.3 Å². The van der Waals surface area contributed by atoms with E-state index in [-0.39, 0.29) is 34.6 Å². The number of hydrogen-bond acceptors (Lipinski definition) is 4. The lowest BCUT2D eigenvalue weighted by Gasteiger charge is -2.21. The maximum Gasteiger partial charge on any atom is 0.274 e. The molecule has 1 heterocycles. The number of rotatable bonds is 6. The lowest BCUT2D eigenvalue weighted by atomic mass is 10.2. The van der Waals surface area contributed by atoms with Crippen LogP contribution < -0.4 is 5.32 Å². The molecule has 2 aromatic carbocycles. The number of nitrogens with one attached hydrogen (secondary N) is 2. The summed E-state index contributed by atoms with van der Waals surface area (Å²) in [6, 6.07) is 16.7. The third kappa shape index (κ3) is 5.76. The quantitative estimate of drug-likeness (QED) is 0.174. The summed E-state index contributed by atoms with van der Waals surface area (Å²) in [5.41, 5.74) is 2.72. The molecule has 3 aromatic rings. The maximum absolute atomic E-state index is 11.2. The summed E-state index contributed by atoms with van der Waals surface area (Å²) < 4.78 is 0. The van der Waals surface area contributed by atoms with E-state index in [2.05, 4.69) is 20.3 Å². The van der Waals surface area contributed by atoms with Gasteiger partial charge in [-0.3, -0.25) is 15.1 Å². The molecule has 9 heteroatoms. The smallest absolute Gasteiger partial charge is 0.274 e. The van der Waals surface area contributed by atoms with Gasteiger partial charge in [-0.05, 0) is 5.56 Å². The number of hydrogen-bond donors (Lipinski definition) is 2. The average molecular weight is 506 g/mol. The number of benzene rings is 2. The molecule has 0 atom stereocenters. The second-order valence-electron chi connectivity index (χ2n) is 6.25. The monoisotopic (exact) mass is 506 g/mol. The Hall–Kier alpha value is -2.95. The Morgan fingerprint density at radius 2 is 1.90 bits per heavy atom. The number of guanidine groups is 1. The van der Waals surface area contributed by atoms with Crippen LogP contribution in [0.25, 0.3) is 11.3 Å². The number of nitrogens with zero attached hydrogens (tertiary/aromatic N) is 4. The fourth-order valence-corrected chi connectivity index (χ4v) is 2.90. The van der Waals surface area contributed by atoms with Gasteiger partial charge in [0.25, 0.3) is 5.69 Å². The van der Waals surface area contributed by atoms with E-state index in [0.717, 1.165) is 17.1 Å². The van der Waals surface area contributed by atoms with Crippen LogP contribution >= 0.6 is 24.0 Å². The zero-order chi connectivity index (χ0) is 19.9. The standard InChI is InChI=1S/C20H22N6O2.HI/c1-21-20(23-12-16-10-6-7-11-18(16)26(27)28)25(2)14-19-22-13-17(24-19)15-8-4-3-5-9-15;/h3-11,13H,12,14H2,1-2H3,(H,21,23)(H,22,24);1H. The molecule has 29 heavy (non-hydrogen) atoms. The summed E-state index contributed by atoms with van der Waals surface area (Å²) in [5, 5.41) is 14.3. The highest BCUT2D eigenvalue weighted by Gasteiger charge is 2.14. The Kier molecular flexibility index (Phi) is 8.13. The van der Waals surface area contributed by atoms with Crippen LogP contribution in [-0.2, 0) is 13.1 Å². The predicted molar refractivity (Wildman–Crippen MR) is 124 cm³/mol. The maximum atomic E-state index is 11.2. The number of nitro groups is 1. The molecule has 0 aliphatic carbocycles. The van der Waals surface area contributed by atoms with E-state index in [9.17, 15) is 10.1 Å². The van der Waals surface area contributed by atoms with Gasteiger partial charge in [0.05, 0.1) is 23.4 Å². The molecule has 0 unspecified atom stereocenters. The first-order valence-electron chi connectivity index (χ1n) is 8.82. The summed E-state index contributed by atoms with van der Waals surface area (Å²) in [6.07, 6.45) is 1.81. The first kappa shape index (κ1) is 22.3. The fourth-order valence-electron chi connectivity index (χ4n) is 2.90. The van der Waals surface area contributed by atoms with Gasteiger partial charge in [0.1, 0.15) is 5.82 Å². The third-order valence-electron chi connectivity index (χ3n) is 4.30. The number of aromatic nitrogens is 2. The molecule has 0 saturated heterocycles. The molecule has 3 rings (SSSR count). The van der Waals surface area contributed by atoms with Crippen molar-refractivity contribution in [2.45, 2.75) is 13.1 Å². The van der Waals surface area contributed by atoms with Crippen LogP contribution in [-0.4, -0.2) is 39.8 Å². The molecular weight excluding hydrogens is 483 g/mol. The Bertz CT molecular complexity index is 974. The largest absolute Gasteiger partial charge is 0.352 e. The zero-order valence-electron chi connectivity index (χ0n) is 16.2. The number of imidazole rings is 1.